The van der Waals surface area contributed by atoms with Gasteiger partial charge in [-0.1, -0.05) is 60.3 Å². The molecule has 0 aliphatic rings. The van der Waals surface area contributed by atoms with Crippen molar-refractivity contribution in [1.82, 2.24) is 0 Å². The van der Waals surface area contributed by atoms with Gasteiger partial charge in [0.25, 0.3) is 0 Å². The zero-order chi connectivity index (χ0) is 11.9. The Morgan fingerprint density at radius 1 is 0.882 bits per heavy atom. The van der Waals surface area contributed by atoms with E-state index in [0.717, 1.165) is 16.7 Å². The number of rotatable bonds is 4. The molecule has 0 radical (unpaired) electrons. The number of carbonyl (C=O) groups is 1. The number of thioether (sulfide) groups is 1. The standard InChI is InChI=1S/C15H12OS/c16-12-15(11-13-7-3-1-4-8-13)17-14-9-5-2-6-10-14/h1-12H/b15-11-. The van der Waals surface area contributed by atoms with Crippen LogP contribution in [0.4, 0.5) is 0 Å². The first kappa shape index (κ1) is 11.7. The van der Waals surface area contributed by atoms with Gasteiger partial charge in [0.2, 0.25) is 0 Å². The highest BCUT2D eigenvalue weighted by Gasteiger charge is 1.99. The van der Waals surface area contributed by atoms with E-state index < -0.39 is 0 Å². The van der Waals surface area contributed by atoms with Crippen LogP contribution in [0.1, 0.15) is 5.56 Å². The van der Waals surface area contributed by atoms with E-state index in [9.17, 15) is 4.79 Å². The normalized spacial score (nSPS) is 11.2. The van der Waals surface area contributed by atoms with Crippen molar-refractivity contribution in [3.05, 3.63) is 71.1 Å². The van der Waals surface area contributed by atoms with Gasteiger partial charge < -0.3 is 0 Å². The van der Waals surface area contributed by atoms with Crippen LogP contribution in [0, 0.1) is 0 Å². The van der Waals surface area contributed by atoms with Crippen molar-refractivity contribution in [1.29, 1.82) is 0 Å². The molecular weight excluding hydrogens is 228 g/mol. The number of carbonyl (C=O) groups excluding carboxylic acids is 1. The molecule has 0 heterocycles. The molecule has 0 unspecified atom stereocenters. The summed E-state index contributed by atoms with van der Waals surface area (Å²) in [5.41, 5.74) is 1.04. The van der Waals surface area contributed by atoms with Crippen LogP contribution in [0.15, 0.2) is 70.5 Å². The molecule has 0 aliphatic carbocycles. The Hall–Kier alpha value is -1.80. The number of hydrogen-bond acceptors (Lipinski definition) is 2. The predicted octanol–water partition coefficient (Wildman–Crippen LogP) is 4.02. The Balaban J connectivity index is 2.18. The van der Waals surface area contributed by atoms with Crippen LogP contribution >= 0.6 is 11.8 Å². The summed E-state index contributed by atoms with van der Waals surface area (Å²) in [7, 11) is 0. The van der Waals surface area contributed by atoms with Gasteiger partial charge in [-0.25, -0.2) is 0 Å². The summed E-state index contributed by atoms with van der Waals surface area (Å²) in [6.45, 7) is 0. The minimum Gasteiger partial charge on any atom is -0.297 e. The summed E-state index contributed by atoms with van der Waals surface area (Å²) in [5, 5.41) is 0. The molecule has 2 rings (SSSR count). The fourth-order valence-corrected chi connectivity index (χ4v) is 2.23. The zero-order valence-electron chi connectivity index (χ0n) is 9.24. The molecule has 84 valence electrons. The zero-order valence-corrected chi connectivity index (χ0v) is 10.1. The van der Waals surface area contributed by atoms with E-state index >= 15 is 0 Å². The third-order valence-corrected chi connectivity index (χ3v) is 3.16. The Morgan fingerprint density at radius 2 is 1.47 bits per heavy atom. The van der Waals surface area contributed by atoms with Crippen molar-refractivity contribution in [2.24, 2.45) is 0 Å². The maximum atomic E-state index is 11.0. The Labute approximate surface area is 105 Å². The van der Waals surface area contributed by atoms with Crippen LogP contribution in [0.25, 0.3) is 6.08 Å². The van der Waals surface area contributed by atoms with Gasteiger partial charge in [-0.15, -0.1) is 0 Å². The van der Waals surface area contributed by atoms with Gasteiger partial charge in [-0.05, 0) is 23.8 Å². The quantitative estimate of drug-likeness (QED) is 0.456. The molecule has 17 heavy (non-hydrogen) atoms. The van der Waals surface area contributed by atoms with Gasteiger partial charge in [-0.3, -0.25) is 4.79 Å². The summed E-state index contributed by atoms with van der Waals surface area (Å²) >= 11 is 1.48. The van der Waals surface area contributed by atoms with Crippen molar-refractivity contribution in [3.63, 3.8) is 0 Å². The predicted molar refractivity (Wildman–Crippen MR) is 72.8 cm³/mol. The van der Waals surface area contributed by atoms with E-state index in [-0.39, 0.29) is 0 Å². The lowest BCUT2D eigenvalue weighted by Gasteiger charge is -2.00. The summed E-state index contributed by atoms with van der Waals surface area (Å²) in [5.74, 6) is 0. The molecule has 0 atom stereocenters. The van der Waals surface area contributed by atoms with Crippen LogP contribution in [0.5, 0.6) is 0 Å². The molecular formula is C15H12OS. The molecule has 0 amide bonds. The first-order chi connectivity index (χ1) is 8.38. The van der Waals surface area contributed by atoms with Crippen LogP contribution in [0.2, 0.25) is 0 Å². The van der Waals surface area contributed by atoms with Crippen LogP contribution in [-0.4, -0.2) is 6.29 Å². The van der Waals surface area contributed by atoms with Gasteiger partial charge in [0, 0.05) is 4.90 Å². The monoisotopic (exact) mass is 240 g/mol. The first-order valence-corrected chi connectivity index (χ1v) is 6.15. The van der Waals surface area contributed by atoms with E-state index in [1.807, 2.05) is 66.7 Å². The van der Waals surface area contributed by atoms with E-state index in [1.165, 1.54) is 11.8 Å². The molecule has 0 spiro atoms. The summed E-state index contributed by atoms with van der Waals surface area (Å²) in [4.78, 5) is 12.8. The molecule has 0 saturated carbocycles. The molecule has 0 saturated heterocycles. The highest BCUT2D eigenvalue weighted by atomic mass is 32.2. The van der Waals surface area contributed by atoms with Gasteiger partial charge >= 0.3 is 0 Å². The van der Waals surface area contributed by atoms with Crippen molar-refractivity contribution in [2.75, 3.05) is 0 Å². The second-order valence-corrected chi connectivity index (χ2v) is 4.64. The topological polar surface area (TPSA) is 17.1 Å². The molecule has 1 nitrogen and oxygen atoms in total. The van der Waals surface area contributed by atoms with Crippen LogP contribution < -0.4 is 0 Å². The van der Waals surface area contributed by atoms with E-state index in [4.69, 9.17) is 0 Å². The highest BCUT2D eigenvalue weighted by Crippen LogP contribution is 2.26. The lowest BCUT2D eigenvalue weighted by atomic mass is 10.2. The third kappa shape index (κ3) is 3.61. The van der Waals surface area contributed by atoms with E-state index in [1.54, 1.807) is 0 Å². The number of allylic oxidation sites excluding steroid dienone is 1. The summed E-state index contributed by atoms with van der Waals surface area (Å²) < 4.78 is 0. The highest BCUT2D eigenvalue weighted by molar-refractivity contribution is 8.04. The van der Waals surface area contributed by atoms with Crippen LogP contribution in [-0.2, 0) is 4.79 Å². The Morgan fingerprint density at radius 3 is 2.06 bits per heavy atom. The molecule has 2 aromatic rings. The minimum absolute atomic E-state index is 0.711. The Kier molecular flexibility index (Phi) is 4.17. The second-order valence-electron chi connectivity index (χ2n) is 3.49. The number of benzene rings is 2. The number of aldehydes is 1. The fourth-order valence-electron chi connectivity index (χ4n) is 1.43. The summed E-state index contributed by atoms with van der Waals surface area (Å²) in [6, 6.07) is 19.7. The van der Waals surface area contributed by atoms with Gasteiger partial charge in [-0.2, -0.15) is 0 Å². The molecule has 2 heteroatoms. The molecule has 0 aliphatic heterocycles. The molecule has 0 N–H and O–H groups in total. The first-order valence-electron chi connectivity index (χ1n) is 5.33. The van der Waals surface area contributed by atoms with Gasteiger partial charge in [0.15, 0.2) is 6.29 Å². The fraction of sp³-hybridized carbons (Fsp3) is 0. The SMILES string of the molecule is O=C/C(=C/c1ccccc1)Sc1ccccc1. The lowest BCUT2D eigenvalue weighted by Crippen LogP contribution is -1.80. The molecule has 0 bridgehead atoms. The second kappa shape index (κ2) is 6.06. The minimum atomic E-state index is 0.711. The van der Waals surface area contributed by atoms with Crippen LogP contribution in [0.3, 0.4) is 0 Å². The molecule has 0 aromatic heterocycles. The van der Waals surface area contributed by atoms with E-state index in [0.29, 0.717) is 4.91 Å². The van der Waals surface area contributed by atoms with E-state index in [2.05, 4.69) is 0 Å². The van der Waals surface area contributed by atoms with Crippen molar-refractivity contribution >= 4 is 24.1 Å². The third-order valence-electron chi connectivity index (χ3n) is 2.20. The van der Waals surface area contributed by atoms with Crippen molar-refractivity contribution < 1.29 is 4.79 Å². The molecule has 2 aromatic carbocycles. The maximum Gasteiger partial charge on any atom is 0.156 e. The lowest BCUT2D eigenvalue weighted by molar-refractivity contribution is -0.104. The average Bonchev–Trinajstić information content (AvgIpc) is 2.40. The van der Waals surface area contributed by atoms with Gasteiger partial charge in [0.05, 0.1) is 4.91 Å². The number of hydrogen-bond donors (Lipinski definition) is 0. The summed E-state index contributed by atoms with van der Waals surface area (Å²) in [6.07, 6.45) is 2.79. The van der Waals surface area contributed by atoms with Gasteiger partial charge in [0.1, 0.15) is 0 Å². The molecule has 0 fully saturated rings. The smallest absolute Gasteiger partial charge is 0.156 e. The average molecular weight is 240 g/mol. The van der Waals surface area contributed by atoms with Crippen molar-refractivity contribution in [2.45, 2.75) is 4.90 Å². The maximum absolute atomic E-state index is 11.0. The van der Waals surface area contributed by atoms with Crippen molar-refractivity contribution in [3.8, 4) is 0 Å². The largest absolute Gasteiger partial charge is 0.297 e. The Bertz CT molecular complexity index is 503.